The van der Waals surface area contributed by atoms with Gasteiger partial charge in [-0.05, 0) is 5.56 Å². The highest BCUT2D eigenvalue weighted by atomic mass is 16.8. The van der Waals surface area contributed by atoms with Gasteiger partial charge < -0.3 is 14.2 Å². The molecule has 0 N–H and O–H groups in total. The molecule has 1 saturated heterocycles. The summed E-state index contributed by atoms with van der Waals surface area (Å²) in [7, 11) is 0. The first-order valence-corrected chi connectivity index (χ1v) is 4.72. The van der Waals surface area contributed by atoms with E-state index >= 15 is 0 Å². The van der Waals surface area contributed by atoms with E-state index in [-0.39, 0.29) is 6.61 Å². The van der Waals surface area contributed by atoms with E-state index in [0.29, 0.717) is 6.61 Å². The average Bonchev–Trinajstić information content (AvgIpc) is 2.58. The maximum absolute atomic E-state index is 10.7. The molecule has 15 heavy (non-hydrogen) atoms. The maximum atomic E-state index is 10.7. The molecule has 80 valence electrons. The van der Waals surface area contributed by atoms with Gasteiger partial charge in [-0.1, -0.05) is 30.3 Å². The molecular weight excluding hydrogens is 196 g/mol. The van der Waals surface area contributed by atoms with Crippen molar-refractivity contribution >= 4 is 6.16 Å². The van der Waals surface area contributed by atoms with Crippen LogP contribution in [0.25, 0.3) is 0 Å². The van der Waals surface area contributed by atoms with Crippen molar-refractivity contribution in [2.24, 2.45) is 0 Å². The number of carbonyl (C=O) groups is 1. The quantitative estimate of drug-likeness (QED) is 0.713. The Morgan fingerprint density at radius 2 is 2.13 bits per heavy atom. The van der Waals surface area contributed by atoms with Crippen molar-refractivity contribution < 1.29 is 19.0 Å². The highest BCUT2D eigenvalue weighted by molar-refractivity contribution is 5.62. The molecule has 0 spiro atoms. The summed E-state index contributed by atoms with van der Waals surface area (Å²) in [5.74, 6) is -0.951. The van der Waals surface area contributed by atoms with Gasteiger partial charge in [-0.25, -0.2) is 4.79 Å². The molecule has 0 saturated carbocycles. The fourth-order valence-electron chi connectivity index (χ4n) is 1.31. The van der Waals surface area contributed by atoms with Gasteiger partial charge in [-0.2, -0.15) is 0 Å². The van der Waals surface area contributed by atoms with Gasteiger partial charge in [0.25, 0.3) is 0 Å². The van der Waals surface area contributed by atoms with Crippen LogP contribution < -0.4 is 0 Å². The predicted molar refractivity (Wildman–Crippen MR) is 52.1 cm³/mol. The van der Waals surface area contributed by atoms with Gasteiger partial charge in [-0.3, -0.25) is 0 Å². The first-order valence-electron chi connectivity index (χ1n) is 4.72. The van der Waals surface area contributed by atoms with Crippen LogP contribution in [0.5, 0.6) is 0 Å². The zero-order chi connectivity index (χ0) is 10.7. The molecule has 1 aromatic rings. The zero-order valence-electron chi connectivity index (χ0n) is 8.43. The monoisotopic (exact) mass is 208 g/mol. The first-order chi connectivity index (χ1) is 7.18. The van der Waals surface area contributed by atoms with Crippen molar-refractivity contribution in [3.05, 3.63) is 35.9 Å². The molecule has 1 aliphatic heterocycles. The van der Waals surface area contributed by atoms with Gasteiger partial charge in [0.2, 0.25) is 5.79 Å². The number of rotatable bonds is 3. The third-order valence-electron chi connectivity index (χ3n) is 2.14. The van der Waals surface area contributed by atoms with E-state index in [1.807, 2.05) is 30.3 Å². The Kier molecular flexibility index (Phi) is 2.60. The molecule has 1 aliphatic rings. The van der Waals surface area contributed by atoms with Crippen LogP contribution in [0.2, 0.25) is 0 Å². The summed E-state index contributed by atoms with van der Waals surface area (Å²) in [5.41, 5.74) is 1.03. The lowest BCUT2D eigenvalue weighted by Crippen LogP contribution is -2.31. The molecule has 0 aromatic heterocycles. The molecule has 0 aliphatic carbocycles. The van der Waals surface area contributed by atoms with Crippen molar-refractivity contribution in [2.75, 3.05) is 6.61 Å². The highest BCUT2D eigenvalue weighted by Gasteiger charge is 2.38. The van der Waals surface area contributed by atoms with Crippen LogP contribution in [-0.4, -0.2) is 18.5 Å². The fraction of sp³-hybridized carbons (Fsp3) is 0.364. The molecule has 4 heteroatoms. The lowest BCUT2D eigenvalue weighted by atomic mass is 10.2. The SMILES string of the molecule is CC1(OCc2ccccc2)COC(=O)O1. The molecule has 2 rings (SSSR count). The Morgan fingerprint density at radius 3 is 2.73 bits per heavy atom. The van der Waals surface area contributed by atoms with Gasteiger partial charge in [0.1, 0.15) is 0 Å². The second-order valence-electron chi connectivity index (χ2n) is 3.55. The molecule has 0 bridgehead atoms. The summed E-state index contributed by atoms with van der Waals surface area (Å²) in [4.78, 5) is 10.7. The van der Waals surface area contributed by atoms with E-state index < -0.39 is 11.9 Å². The van der Waals surface area contributed by atoms with Crippen LogP contribution in [0, 0.1) is 0 Å². The first kappa shape index (κ1) is 9.98. The van der Waals surface area contributed by atoms with E-state index in [1.54, 1.807) is 6.92 Å². The summed E-state index contributed by atoms with van der Waals surface area (Å²) >= 11 is 0. The van der Waals surface area contributed by atoms with Crippen LogP contribution in [0.1, 0.15) is 12.5 Å². The molecule has 0 radical (unpaired) electrons. The number of benzene rings is 1. The van der Waals surface area contributed by atoms with Crippen LogP contribution in [0.3, 0.4) is 0 Å². The van der Waals surface area contributed by atoms with Crippen LogP contribution in [0.4, 0.5) is 4.79 Å². The molecule has 1 aromatic carbocycles. The van der Waals surface area contributed by atoms with Crippen molar-refractivity contribution in [3.8, 4) is 0 Å². The molecule has 1 heterocycles. The average molecular weight is 208 g/mol. The van der Waals surface area contributed by atoms with E-state index in [9.17, 15) is 4.79 Å². The maximum Gasteiger partial charge on any atom is 0.511 e. The molecule has 1 unspecified atom stereocenters. The zero-order valence-corrected chi connectivity index (χ0v) is 8.43. The fourth-order valence-corrected chi connectivity index (χ4v) is 1.31. The van der Waals surface area contributed by atoms with Gasteiger partial charge >= 0.3 is 6.16 Å². The Hall–Kier alpha value is -1.55. The number of carbonyl (C=O) groups excluding carboxylic acids is 1. The Labute approximate surface area is 87.8 Å². The Morgan fingerprint density at radius 1 is 1.40 bits per heavy atom. The van der Waals surface area contributed by atoms with E-state index in [2.05, 4.69) is 4.74 Å². The highest BCUT2D eigenvalue weighted by Crippen LogP contribution is 2.22. The van der Waals surface area contributed by atoms with Crippen LogP contribution >= 0.6 is 0 Å². The minimum Gasteiger partial charge on any atom is -0.427 e. The van der Waals surface area contributed by atoms with Crippen LogP contribution in [0.15, 0.2) is 30.3 Å². The van der Waals surface area contributed by atoms with Gasteiger partial charge in [0.05, 0.1) is 6.61 Å². The standard InChI is InChI=1S/C11H12O4/c1-11(8-13-10(12)15-11)14-7-9-5-3-2-4-6-9/h2-6H,7-8H2,1H3. The summed E-state index contributed by atoms with van der Waals surface area (Å²) in [6, 6.07) is 9.68. The van der Waals surface area contributed by atoms with Gasteiger partial charge in [0.15, 0.2) is 6.61 Å². The predicted octanol–water partition coefficient (Wildman–Crippen LogP) is 2.09. The number of hydrogen-bond donors (Lipinski definition) is 0. The van der Waals surface area contributed by atoms with Crippen molar-refractivity contribution in [3.63, 3.8) is 0 Å². The molecule has 0 amide bonds. The minimum absolute atomic E-state index is 0.138. The lowest BCUT2D eigenvalue weighted by Gasteiger charge is -2.19. The van der Waals surface area contributed by atoms with E-state index in [0.717, 1.165) is 5.56 Å². The Balaban J connectivity index is 1.91. The topological polar surface area (TPSA) is 44.8 Å². The van der Waals surface area contributed by atoms with E-state index in [4.69, 9.17) is 9.47 Å². The third-order valence-corrected chi connectivity index (χ3v) is 2.14. The smallest absolute Gasteiger partial charge is 0.427 e. The molecular formula is C11H12O4. The second kappa shape index (κ2) is 3.90. The van der Waals surface area contributed by atoms with Gasteiger partial charge in [-0.15, -0.1) is 0 Å². The van der Waals surface area contributed by atoms with Crippen LogP contribution in [-0.2, 0) is 20.8 Å². The van der Waals surface area contributed by atoms with Crippen molar-refractivity contribution in [1.82, 2.24) is 0 Å². The minimum atomic E-state index is -0.951. The molecule has 1 atom stereocenters. The number of ether oxygens (including phenoxy) is 3. The van der Waals surface area contributed by atoms with Gasteiger partial charge in [0, 0.05) is 6.92 Å². The largest absolute Gasteiger partial charge is 0.511 e. The normalized spacial score (nSPS) is 24.7. The van der Waals surface area contributed by atoms with E-state index in [1.165, 1.54) is 0 Å². The summed E-state index contributed by atoms with van der Waals surface area (Å²) in [6.07, 6.45) is -0.675. The molecule has 4 nitrogen and oxygen atoms in total. The summed E-state index contributed by atoms with van der Waals surface area (Å²) in [6.45, 7) is 2.22. The van der Waals surface area contributed by atoms with Crippen molar-refractivity contribution in [1.29, 1.82) is 0 Å². The summed E-state index contributed by atoms with van der Waals surface area (Å²) < 4.78 is 15.0. The second-order valence-corrected chi connectivity index (χ2v) is 3.55. The lowest BCUT2D eigenvalue weighted by molar-refractivity contribution is -0.174. The van der Waals surface area contributed by atoms with Crippen molar-refractivity contribution in [2.45, 2.75) is 19.3 Å². The number of cyclic esters (lactones) is 2. The molecule has 1 fully saturated rings. The summed E-state index contributed by atoms with van der Waals surface area (Å²) in [5, 5.41) is 0. The Bertz CT molecular complexity index is 349. The number of hydrogen-bond acceptors (Lipinski definition) is 4. The third kappa shape index (κ3) is 2.47.